The second-order valence-electron chi connectivity index (χ2n) is 3.82. The van der Waals surface area contributed by atoms with Gasteiger partial charge in [-0.25, -0.2) is 0 Å². The van der Waals surface area contributed by atoms with Crippen LogP contribution in [0.5, 0.6) is 11.5 Å². The molecule has 0 unspecified atom stereocenters. The zero-order valence-electron chi connectivity index (χ0n) is 9.00. The van der Waals surface area contributed by atoms with Gasteiger partial charge in [-0.05, 0) is 31.0 Å². The SMILES string of the molecule is CC(=O)Cc1cc(C)c2c(c1)OCCO2. The molecule has 1 aromatic rings. The molecule has 15 heavy (non-hydrogen) atoms. The van der Waals surface area contributed by atoms with E-state index in [1.54, 1.807) is 6.92 Å². The molecule has 0 atom stereocenters. The zero-order chi connectivity index (χ0) is 10.8. The normalized spacial score (nSPS) is 13.7. The second-order valence-corrected chi connectivity index (χ2v) is 3.82. The molecule has 0 N–H and O–H groups in total. The van der Waals surface area contributed by atoms with Crippen molar-refractivity contribution in [2.75, 3.05) is 13.2 Å². The predicted octanol–water partition coefficient (Wildman–Crippen LogP) is 1.90. The number of ketones is 1. The van der Waals surface area contributed by atoms with Crippen LogP contribution in [-0.2, 0) is 11.2 Å². The van der Waals surface area contributed by atoms with Crippen molar-refractivity contribution >= 4 is 5.78 Å². The van der Waals surface area contributed by atoms with E-state index >= 15 is 0 Å². The molecular formula is C12H14O3. The number of fused-ring (bicyclic) bond motifs is 1. The van der Waals surface area contributed by atoms with E-state index in [1.807, 2.05) is 19.1 Å². The molecule has 1 aromatic carbocycles. The third-order valence-electron chi connectivity index (χ3n) is 2.34. The Hall–Kier alpha value is -1.51. The zero-order valence-corrected chi connectivity index (χ0v) is 9.00. The maximum atomic E-state index is 11.0. The van der Waals surface area contributed by atoms with E-state index in [0.29, 0.717) is 19.6 Å². The van der Waals surface area contributed by atoms with Crippen molar-refractivity contribution in [1.82, 2.24) is 0 Å². The molecule has 3 heteroatoms. The lowest BCUT2D eigenvalue weighted by Gasteiger charge is -2.20. The smallest absolute Gasteiger partial charge is 0.164 e. The van der Waals surface area contributed by atoms with E-state index in [0.717, 1.165) is 22.6 Å². The van der Waals surface area contributed by atoms with Crippen molar-refractivity contribution in [3.8, 4) is 11.5 Å². The van der Waals surface area contributed by atoms with Crippen LogP contribution in [0.15, 0.2) is 12.1 Å². The summed E-state index contributed by atoms with van der Waals surface area (Å²) in [6, 6.07) is 3.87. The van der Waals surface area contributed by atoms with Gasteiger partial charge in [-0.2, -0.15) is 0 Å². The van der Waals surface area contributed by atoms with Crippen LogP contribution in [-0.4, -0.2) is 19.0 Å². The topological polar surface area (TPSA) is 35.5 Å². The Kier molecular flexibility index (Phi) is 2.62. The Labute approximate surface area is 89.0 Å². The highest BCUT2D eigenvalue weighted by molar-refractivity contribution is 5.78. The average molecular weight is 206 g/mol. The van der Waals surface area contributed by atoms with Gasteiger partial charge in [0.1, 0.15) is 19.0 Å². The third-order valence-corrected chi connectivity index (χ3v) is 2.34. The number of carbonyl (C=O) groups is 1. The molecule has 3 nitrogen and oxygen atoms in total. The Bertz CT molecular complexity index is 396. The molecule has 2 rings (SSSR count). The van der Waals surface area contributed by atoms with E-state index in [9.17, 15) is 4.79 Å². The fourth-order valence-corrected chi connectivity index (χ4v) is 1.79. The molecule has 0 radical (unpaired) electrons. The molecule has 0 aromatic heterocycles. The summed E-state index contributed by atoms with van der Waals surface area (Å²) in [5.41, 5.74) is 2.02. The molecule has 0 saturated heterocycles. The van der Waals surface area contributed by atoms with Crippen LogP contribution in [0.4, 0.5) is 0 Å². The summed E-state index contributed by atoms with van der Waals surface area (Å²) in [5, 5.41) is 0. The first kappa shape index (κ1) is 10.0. The van der Waals surface area contributed by atoms with Crippen LogP contribution in [0.3, 0.4) is 0 Å². The van der Waals surface area contributed by atoms with Crippen LogP contribution >= 0.6 is 0 Å². The minimum atomic E-state index is 0.158. The van der Waals surface area contributed by atoms with E-state index in [2.05, 4.69) is 0 Å². The summed E-state index contributed by atoms with van der Waals surface area (Å²) in [7, 11) is 0. The summed E-state index contributed by atoms with van der Waals surface area (Å²) in [6.45, 7) is 4.74. The molecule has 0 aliphatic carbocycles. The fourth-order valence-electron chi connectivity index (χ4n) is 1.79. The van der Waals surface area contributed by atoms with Crippen molar-refractivity contribution in [2.24, 2.45) is 0 Å². The molecule has 1 aliphatic heterocycles. The Morgan fingerprint density at radius 2 is 2.07 bits per heavy atom. The maximum Gasteiger partial charge on any atom is 0.164 e. The van der Waals surface area contributed by atoms with Gasteiger partial charge in [0.05, 0.1) is 0 Å². The number of Topliss-reactive ketones (excluding diaryl/α,β-unsaturated/α-hetero) is 1. The fraction of sp³-hybridized carbons (Fsp3) is 0.417. The highest BCUT2D eigenvalue weighted by atomic mass is 16.6. The van der Waals surface area contributed by atoms with Gasteiger partial charge in [-0.3, -0.25) is 4.79 Å². The first-order valence-corrected chi connectivity index (χ1v) is 5.05. The van der Waals surface area contributed by atoms with Crippen LogP contribution in [0.25, 0.3) is 0 Å². The molecule has 1 heterocycles. The predicted molar refractivity (Wildman–Crippen MR) is 56.6 cm³/mol. The number of aryl methyl sites for hydroxylation is 1. The van der Waals surface area contributed by atoms with E-state index in [-0.39, 0.29) is 5.78 Å². The number of carbonyl (C=O) groups excluding carboxylic acids is 1. The summed E-state index contributed by atoms with van der Waals surface area (Å²) >= 11 is 0. The summed E-state index contributed by atoms with van der Waals surface area (Å²) < 4.78 is 11.0. The molecular weight excluding hydrogens is 192 g/mol. The van der Waals surface area contributed by atoms with Gasteiger partial charge < -0.3 is 9.47 Å². The van der Waals surface area contributed by atoms with Gasteiger partial charge in [0, 0.05) is 6.42 Å². The van der Waals surface area contributed by atoms with Gasteiger partial charge >= 0.3 is 0 Å². The number of rotatable bonds is 2. The second kappa shape index (κ2) is 3.93. The minimum absolute atomic E-state index is 0.158. The summed E-state index contributed by atoms with van der Waals surface area (Å²) in [4.78, 5) is 11.0. The van der Waals surface area contributed by atoms with Gasteiger partial charge in [0.2, 0.25) is 0 Å². The van der Waals surface area contributed by atoms with Crippen molar-refractivity contribution in [3.63, 3.8) is 0 Å². The minimum Gasteiger partial charge on any atom is -0.486 e. The molecule has 0 bridgehead atoms. The van der Waals surface area contributed by atoms with Gasteiger partial charge in [0.15, 0.2) is 11.5 Å². The van der Waals surface area contributed by atoms with E-state index in [1.165, 1.54) is 0 Å². The number of hydrogen-bond acceptors (Lipinski definition) is 3. The number of benzene rings is 1. The number of hydrogen-bond donors (Lipinski definition) is 0. The Morgan fingerprint density at radius 1 is 1.33 bits per heavy atom. The van der Waals surface area contributed by atoms with Crippen LogP contribution in [0, 0.1) is 6.92 Å². The van der Waals surface area contributed by atoms with Crippen LogP contribution < -0.4 is 9.47 Å². The van der Waals surface area contributed by atoms with Crippen LogP contribution in [0.1, 0.15) is 18.1 Å². The quantitative estimate of drug-likeness (QED) is 0.741. The lowest BCUT2D eigenvalue weighted by Crippen LogP contribution is -2.16. The maximum absolute atomic E-state index is 11.0. The lowest BCUT2D eigenvalue weighted by atomic mass is 10.0. The lowest BCUT2D eigenvalue weighted by molar-refractivity contribution is -0.116. The highest BCUT2D eigenvalue weighted by Crippen LogP contribution is 2.34. The Balaban J connectivity index is 2.36. The molecule has 1 aliphatic rings. The first-order valence-electron chi connectivity index (χ1n) is 5.05. The summed E-state index contributed by atoms with van der Waals surface area (Å²) in [5.74, 6) is 1.73. The van der Waals surface area contributed by atoms with E-state index in [4.69, 9.17) is 9.47 Å². The molecule has 0 amide bonds. The van der Waals surface area contributed by atoms with E-state index < -0.39 is 0 Å². The Morgan fingerprint density at radius 3 is 2.80 bits per heavy atom. The van der Waals surface area contributed by atoms with Gasteiger partial charge in [-0.1, -0.05) is 6.07 Å². The van der Waals surface area contributed by atoms with Crippen molar-refractivity contribution in [3.05, 3.63) is 23.3 Å². The highest BCUT2D eigenvalue weighted by Gasteiger charge is 2.15. The largest absolute Gasteiger partial charge is 0.486 e. The molecule has 0 saturated carbocycles. The van der Waals surface area contributed by atoms with Crippen LogP contribution in [0.2, 0.25) is 0 Å². The molecule has 0 spiro atoms. The number of ether oxygens (including phenoxy) is 2. The molecule has 0 fully saturated rings. The van der Waals surface area contributed by atoms with Gasteiger partial charge in [-0.15, -0.1) is 0 Å². The monoisotopic (exact) mass is 206 g/mol. The first-order chi connectivity index (χ1) is 7.16. The standard InChI is InChI=1S/C12H14O3/c1-8-5-10(6-9(2)13)7-11-12(8)15-4-3-14-11/h5,7H,3-4,6H2,1-2H3. The summed E-state index contributed by atoms with van der Waals surface area (Å²) in [6.07, 6.45) is 0.456. The van der Waals surface area contributed by atoms with Crippen molar-refractivity contribution in [2.45, 2.75) is 20.3 Å². The third kappa shape index (κ3) is 2.12. The molecule has 80 valence electrons. The average Bonchev–Trinajstić information content (AvgIpc) is 2.16. The van der Waals surface area contributed by atoms with Gasteiger partial charge in [0.25, 0.3) is 0 Å². The van der Waals surface area contributed by atoms with Crippen molar-refractivity contribution < 1.29 is 14.3 Å². The van der Waals surface area contributed by atoms with Crippen molar-refractivity contribution in [1.29, 1.82) is 0 Å².